The fourth-order valence-electron chi connectivity index (χ4n) is 2.57. The van der Waals surface area contributed by atoms with Crippen molar-refractivity contribution >= 4 is 5.91 Å². The van der Waals surface area contributed by atoms with Crippen LogP contribution in [0.5, 0.6) is 0 Å². The lowest BCUT2D eigenvalue weighted by molar-refractivity contribution is -0.158. The van der Waals surface area contributed by atoms with Crippen LogP contribution in [0.4, 0.5) is 8.78 Å². The highest BCUT2D eigenvalue weighted by Gasteiger charge is 2.48. The van der Waals surface area contributed by atoms with Gasteiger partial charge in [0.25, 0.3) is 5.92 Å². The summed E-state index contributed by atoms with van der Waals surface area (Å²) < 4.78 is 28.5. The Hall–Kier alpha value is -2.00. The Morgan fingerprint density at radius 2 is 2.20 bits per heavy atom. The minimum absolute atomic E-state index is 0.120. The summed E-state index contributed by atoms with van der Waals surface area (Å²) in [6, 6.07) is 6.40. The van der Waals surface area contributed by atoms with E-state index < -0.39 is 24.5 Å². The number of nitrogens with zero attached hydrogens (tertiary/aromatic N) is 2. The van der Waals surface area contributed by atoms with E-state index in [1.54, 1.807) is 12.1 Å². The number of likely N-dealkylation sites (tertiary alicyclic amines) is 1. The van der Waals surface area contributed by atoms with Crippen LogP contribution in [-0.4, -0.2) is 35.0 Å². The summed E-state index contributed by atoms with van der Waals surface area (Å²) in [6.07, 6.45) is -0.170. The molecule has 0 aliphatic carbocycles. The van der Waals surface area contributed by atoms with Gasteiger partial charge < -0.3 is 10.0 Å². The van der Waals surface area contributed by atoms with Crippen molar-refractivity contribution in [1.82, 2.24) is 4.90 Å². The summed E-state index contributed by atoms with van der Waals surface area (Å²) in [5.74, 6) is -3.86. The van der Waals surface area contributed by atoms with Crippen molar-refractivity contribution in [2.75, 3.05) is 13.2 Å². The molecular weight excluding hydrogens is 266 g/mol. The molecule has 1 aliphatic heterocycles. The molecule has 1 aromatic rings. The Bertz CT molecular complexity index is 554. The smallest absolute Gasteiger partial charge is 0.272 e. The first-order valence-electron chi connectivity index (χ1n) is 6.28. The maximum Gasteiger partial charge on any atom is 0.272 e. The van der Waals surface area contributed by atoms with Crippen molar-refractivity contribution in [2.45, 2.75) is 24.8 Å². The highest BCUT2D eigenvalue weighted by atomic mass is 19.3. The number of benzene rings is 1. The molecule has 1 atom stereocenters. The Morgan fingerprint density at radius 1 is 1.50 bits per heavy atom. The lowest BCUT2D eigenvalue weighted by Crippen LogP contribution is -2.49. The van der Waals surface area contributed by atoms with E-state index in [-0.39, 0.29) is 30.5 Å². The average molecular weight is 280 g/mol. The molecule has 106 valence electrons. The van der Waals surface area contributed by atoms with E-state index in [1.807, 2.05) is 6.07 Å². The fraction of sp³-hybridized carbons (Fsp3) is 0.429. The quantitative estimate of drug-likeness (QED) is 0.899. The molecule has 20 heavy (non-hydrogen) atoms. The molecular formula is C14H14F2N2O2. The molecule has 2 rings (SSSR count). The number of piperidine rings is 1. The van der Waals surface area contributed by atoms with Gasteiger partial charge in [-0.2, -0.15) is 5.26 Å². The number of halogens is 2. The molecule has 1 amide bonds. The number of amides is 1. The topological polar surface area (TPSA) is 64.3 Å². The SMILES string of the molecule is N#Cc1ccccc1C1N(C(=O)CO)CCCC1(F)F. The Labute approximate surface area is 115 Å². The third kappa shape index (κ3) is 2.49. The molecule has 1 N–H and O–H groups in total. The molecule has 0 bridgehead atoms. The molecule has 0 aromatic heterocycles. The van der Waals surface area contributed by atoms with Crippen molar-refractivity contribution < 1.29 is 18.7 Å². The van der Waals surface area contributed by atoms with E-state index in [0.29, 0.717) is 0 Å². The van der Waals surface area contributed by atoms with Gasteiger partial charge in [-0.3, -0.25) is 4.79 Å². The van der Waals surface area contributed by atoms with Crippen LogP contribution in [0.2, 0.25) is 0 Å². The molecule has 1 fully saturated rings. The average Bonchev–Trinajstić information content (AvgIpc) is 2.45. The summed E-state index contributed by atoms with van der Waals surface area (Å²) >= 11 is 0. The van der Waals surface area contributed by atoms with E-state index in [0.717, 1.165) is 4.90 Å². The summed E-state index contributed by atoms with van der Waals surface area (Å²) in [6.45, 7) is -0.666. The summed E-state index contributed by atoms with van der Waals surface area (Å²) in [4.78, 5) is 12.7. The fourth-order valence-corrected chi connectivity index (χ4v) is 2.57. The number of rotatable bonds is 2. The van der Waals surface area contributed by atoms with Crippen molar-refractivity contribution in [3.8, 4) is 6.07 Å². The van der Waals surface area contributed by atoms with Crippen molar-refractivity contribution in [1.29, 1.82) is 5.26 Å². The Kier molecular flexibility index (Phi) is 4.00. The van der Waals surface area contributed by atoms with Gasteiger partial charge in [0.1, 0.15) is 12.6 Å². The van der Waals surface area contributed by atoms with Gasteiger partial charge in [-0.25, -0.2) is 8.78 Å². The highest BCUT2D eigenvalue weighted by Crippen LogP contribution is 2.44. The number of carbonyl (C=O) groups is 1. The van der Waals surface area contributed by atoms with Gasteiger partial charge in [0.15, 0.2) is 0 Å². The van der Waals surface area contributed by atoms with Crippen LogP contribution in [0.3, 0.4) is 0 Å². The monoisotopic (exact) mass is 280 g/mol. The van der Waals surface area contributed by atoms with Gasteiger partial charge in [-0.05, 0) is 18.1 Å². The molecule has 1 unspecified atom stereocenters. The predicted octanol–water partition coefficient (Wildman–Crippen LogP) is 1.85. The third-order valence-corrected chi connectivity index (χ3v) is 3.45. The van der Waals surface area contributed by atoms with Crippen LogP contribution in [0.15, 0.2) is 24.3 Å². The van der Waals surface area contributed by atoms with Crippen molar-refractivity contribution in [3.05, 3.63) is 35.4 Å². The number of hydrogen-bond donors (Lipinski definition) is 1. The zero-order chi connectivity index (χ0) is 14.8. The standard InChI is InChI=1S/C14H14F2N2O2/c15-14(16)6-3-7-18(12(20)9-19)13(14)11-5-2-1-4-10(11)8-17/h1-2,4-5,13,19H,3,6-7,9H2. The van der Waals surface area contributed by atoms with E-state index in [1.165, 1.54) is 12.1 Å². The van der Waals surface area contributed by atoms with Gasteiger partial charge in [0, 0.05) is 13.0 Å². The Morgan fingerprint density at radius 3 is 2.85 bits per heavy atom. The normalized spacial score (nSPS) is 21.3. The number of nitriles is 1. The number of hydrogen-bond acceptors (Lipinski definition) is 3. The largest absolute Gasteiger partial charge is 0.387 e. The second-order valence-electron chi connectivity index (χ2n) is 4.71. The first-order valence-corrected chi connectivity index (χ1v) is 6.28. The van der Waals surface area contributed by atoms with Gasteiger partial charge in [0.05, 0.1) is 11.6 Å². The van der Waals surface area contributed by atoms with Gasteiger partial charge >= 0.3 is 0 Å². The molecule has 0 radical (unpaired) electrons. The molecule has 1 heterocycles. The highest BCUT2D eigenvalue weighted by molar-refractivity contribution is 5.78. The van der Waals surface area contributed by atoms with E-state index in [9.17, 15) is 13.6 Å². The molecule has 6 heteroatoms. The summed E-state index contributed by atoms with van der Waals surface area (Å²) in [5, 5.41) is 18.0. The van der Waals surface area contributed by atoms with Gasteiger partial charge in [0.2, 0.25) is 5.91 Å². The van der Waals surface area contributed by atoms with Crippen LogP contribution < -0.4 is 0 Å². The zero-order valence-electron chi connectivity index (χ0n) is 10.7. The molecule has 4 nitrogen and oxygen atoms in total. The Balaban J connectivity index is 2.51. The van der Waals surface area contributed by atoms with E-state index in [4.69, 9.17) is 10.4 Å². The van der Waals surface area contributed by atoms with Crippen LogP contribution in [0.1, 0.15) is 30.0 Å². The maximum atomic E-state index is 14.2. The van der Waals surface area contributed by atoms with Crippen LogP contribution >= 0.6 is 0 Å². The van der Waals surface area contributed by atoms with Gasteiger partial charge in [-0.15, -0.1) is 0 Å². The predicted molar refractivity (Wildman–Crippen MR) is 66.9 cm³/mol. The van der Waals surface area contributed by atoms with Crippen LogP contribution in [-0.2, 0) is 4.79 Å². The molecule has 1 saturated heterocycles. The van der Waals surface area contributed by atoms with Crippen LogP contribution in [0.25, 0.3) is 0 Å². The van der Waals surface area contributed by atoms with Gasteiger partial charge in [-0.1, -0.05) is 18.2 Å². The number of alkyl halides is 2. The molecule has 0 saturated carbocycles. The molecule has 1 aliphatic rings. The maximum absolute atomic E-state index is 14.2. The number of aliphatic hydroxyl groups is 1. The third-order valence-electron chi connectivity index (χ3n) is 3.45. The van der Waals surface area contributed by atoms with E-state index >= 15 is 0 Å². The molecule has 0 spiro atoms. The second kappa shape index (κ2) is 5.55. The zero-order valence-corrected chi connectivity index (χ0v) is 10.7. The summed E-state index contributed by atoms with van der Waals surface area (Å²) in [7, 11) is 0. The summed E-state index contributed by atoms with van der Waals surface area (Å²) in [5.41, 5.74) is 0.247. The van der Waals surface area contributed by atoms with E-state index in [2.05, 4.69) is 0 Å². The first-order chi connectivity index (χ1) is 9.51. The minimum Gasteiger partial charge on any atom is -0.387 e. The first kappa shape index (κ1) is 14.4. The van der Waals surface area contributed by atoms with Crippen molar-refractivity contribution in [3.63, 3.8) is 0 Å². The van der Waals surface area contributed by atoms with Crippen molar-refractivity contribution in [2.24, 2.45) is 0 Å². The van der Waals surface area contributed by atoms with Crippen LogP contribution in [0, 0.1) is 11.3 Å². The minimum atomic E-state index is -3.12. The lowest BCUT2D eigenvalue weighted by atomic mass is 9.89. The lowest BCUT2D eigenvalue weighted by Gasteiger charge is -2.41. The molecule has 1 aromatic carbocycles. The second-order valence-corrected chi connectivity index (χ2v) is 4.71. The number of carbonyl (C=O) groups excluding carboxylic acids is 1. The number of aliphatic hydroxyl groups excluding tert-OH is 1.